The lowest BCUT2D eigenvalue weighted by atomic mass is 9.79. The molecule has 1 saturated heterocycles. The van der Waals surface area contributed by atoms with Gasteiger partial charge in [0.1, 0.15) is 0 Å². The molecule has 1 heterocycles. The minimum Gasteiger partial charge on any atom is -0.335 e. The summed E-state index contributed by atoms with van der Waals surface area (Å²) < 4.78 is 0. The van der Waals surface area contributed by atoms with E-state index in [1.54, 1.807) is 0 Å². The second-order valence-corrected chi connectivity index (χ2v) is 5.14. The summed E-state index contributed by atoms with van der Waals surface area (Å²) in [5.41, 5.74) is 0.267. The van der Waals surface area contributed by atoms with Gasteiger partial charge in [-0.2, -0.15) is 0 Å². The normalized spacial score (nSPS) is 26.5. The lowest BCUT2D eigenvalue weighted by Gasteiger charge is -2.44. The van der Waals surface area contributed by atoms with Gasteiger partial charge in [-0.3, -0.25) is 4.79 Å². The lowest BCUT2D eigenvalue weighted by Crippen LogP contribution is -2.50. The zero-order valence-corrected chi connectivity index (χ0v) is 9.38. The summed E-state index contributed by atoms with van der Waals surface area (Å²) in [5, 5.41) is 0. The third-order valence-electron chi connectivity index (χ3n) is 3.88. The van der Waals surface area contributed by atoms with Crippen LogP contribution >= 0.6 is 0 Å². The van der Waals surface area contributed by atoms with Gasteiger partial charge >= 0.3 is 0 Å². The molecule has 2 heteroatoms. The molecule has 80 valence electrons. The molecule has 1 spiro atoms. The number of amides is 1. The van der Waals surface area contributed by atoms with Crippen molar-refractivity contribution in [2.75, 3.05) is 0 Å². The summed E-state index contributed by atoms with van der Waals surface area (Å²) in [6, 6.07) is 0.392. The van der Waals surface area contributed by atoms with Crippen molar-refractivity contribution in [1.29, 1.82) is 0 Å². The number of carbonyl (C=O) groups excluding carboxylic acids is 1. The maximum atomic E-state index is 11.8. The van der Waals surface area contributed by atoms with Crippen molar-refractivity contribution in [3.63, 3.8) is 0 Å². The topological polar surface area (TPSA) is 20.3 Å². The molecule has 0 unspecified atom stereocenters. The molecular formula is C12H21NO. The molecule has 0 aromatic heterocycles. The highest BCUT2D eigenvalue weighted by Gasteiger charge is 2.46. The molecule has 1 aliphatic carbocycles. The Bertz CT molecular complexity index is 228. The second kappa shape index (κ2) is 3.56. The van der Waals surface area contributed by atoms with Crippen LogP contribution in [0.3, 0.4) is 0 Å². The summed E-state index contributed by atoms with van der Waals surface area (Å²) in [6.07, 6.45) is 8.39. The lowest BCUT2D eigenvalue weighted by molar-refractivity contribution is -0.134. The van der Waals surface area contributed by atoms with Crippen LogP contribution in [0, 0.1) is 0 Å². The SMILES string of the molecule is CC(C)N1C(=O)CCC12CCCCC2. The highest BCUT2D eigenvalue weighted by molar-refractivity contribution is 5.80. The van der Waals surface area contributed by atoms with Crippen LogP contribution in [0.15, 0.2) is 0 Å². The Kier molecular flexibility index (Phi) is 2.54. The van der Waals surface area contributed by atoms with Gasteiger partial charge in [0, 0.05) is 18.0 Å². The van der Waals surface area contributed by atoms with Gasteiger partial charge in [-0.05, 0) is 33.1 Å². The summed E-state index contributed by atoms with van der Waals surface area (Å²) in [5.74, 6) is 0.391. The highest BCUT2D eigenvalue weighted by atomic mass is 16.2. The fraction of sp³-hybridized carbons (Fsp3) is 0.917. The summed E-state index contributed by atoms with van der Waals surface area (Å²) in [7, 11) is 0. The van der Waals surface area contributed by atoms with Gasteiger partial charge in [-0.25, -0.2) is 0 Å². The van der Waals surface area contributed by atoms with Crippen molar-refractivity contribution >= 4 is 5.91 Å². The fourth-order valence-corrected chi connectivity index (χ4v) is 3.38. The predicted molar refractivity (Wildman–Crippen MR) is 57.0 cm³/mol. The van der Waals surface area contributed by atoms with Crippen molar-refractivity contribution in [1.82, 2.24) is 4.90 Å². The number of rotatable bonds is 1. The summed E-state index contributed by atoms with van der Waals surface area (Å²) in [6.45, 7) is 4.30. The fourth-order valence-electron chi connectivity index (χ4n) is 3.38. The Balaban J connectivity index is 2.20. The molecule has 0 aromatic carbocycles. The Labute approximate surface area is 86.7 Å². The van der Waals surface area contributed by atoms with Crippen molar-refractivity contribution in [3.8, 4) is 0 Å². The van der Waals surface area contributed by atoms with Crippen LogP contribution in [-0.2, 0) is 4.79 Å². The van der Waals surface area contributed by atoms with E-state index in [9.17, 15) is 4.79 Å². The van der Waals surface area contributed by atoms with Gasteiger partial charge < -0.3 is 4.90 Å². The Morgan fingerprint density at radius 1 is 1.14 bits per heavy atom. The second-order valence-electron chi connectivity index (χ2n) is 5.14. The Hall–Kier alpha value is -0.530. The van der Waals surface area contributed by atoms with Gasteiger partial charge in [-0.15, -0.1) is 0 Å². The predicted octanol–water partition coefficient (Wildman–Crippen LogP) is 2.72. The van der Waals surface area contributed by atoms with Crippen LogP contribution in [-0.4, -0.2) is 22.4 Å². The molecule has 2 aliphatic rings. The molecule has 0 bridgehead atoms. The molecule has 0 N–H and O–H groups in total. The van der Waals surface area contributed by atoms with Gasteiger partial charge in [0.2, 0.25) is 5.91 Å². The average molecular weight is 195 g/mol. The number of carbonyl (C=O) groups is 1. The molecule has 0 radical (unpaired) electrons. The highest BCUT2D eigenvalue weighted by Crippen LogP contribution is 2.43. The first kappa shape index (κ1) is 10.0. The van der Waals surface area contributed by atoms with Crippen molar-refractivity contribution in [2.24, 2.45) is 0 Å². The van der Waals surface area contributed by atoms with E-state index in [4.69, 9.17) is 0 Å². The maximum absolute atomic E-state index is 11.8. The molecule has 14 heavy (non-hydrogen) atoms. The van der Waals surface area contributed by atoms with Crippen LogP contribution < -0.4 is 0 Å². The van der Waals surface area contributed by atoms with Crippen LogP contribution in [0.5, 0.6) is 0 Å². The van der Waals surface area contributed by atoms with E-state index in [-0.39, 0.29) is 5.54 Å². The smallest absolute Gasteiger partial charge is 0.223 e. The molecule has 1 saturated carbocycles. The minimum absolute atomic E-state index is 0.267. The molecule has 2 nitrogen and oxygen atoms in total. The maximum Gasteiger partial charge on any atom is 0.223 e. The number of likely N-dealkylation sites (tertiary alicyclic amines) is 1. The van der Waals surface area contributed by atoms with Crippen LogP contribution in [0.25, 0.3) is 0 Å². The molecule has 0 atom stereocenters. The van der Waals surface area contributed by atoms with Crippen LogP contribution in [0.1, 0.15) is 58.8 Å². The molecule has 0 aromatic rings. The number of nitrogens with zero attached hydrogens (tertiary/aromatic N) is 1. The van der Waals surface area contributed by atoms with Crippen LogP contribution in [0.2, 0.25) is 0 Å². The zero-order chi connectivity index (χ0) is 10.2. The zero-order valence-electron chi connectivity index (χ0n) is 9.38. The van der Waals surface area contributed by atoms with E-state index in [0.29, 0.717) is 11.9 Å². The first-order chi connectivity index (χ1) is 6.66. The van der Waals surface area contributed by atoms with Gasteiger partial charge in [0.25, 0.3) is 0 Å². The number of hydrogen-bond acceptors (Lipinski definition) is 1. The van der Waals surface area contributed by atoms with E-state index in [1.165, 1.54) is 32.1 Å². The molecule has 2 fully saturated rings. The molecular weight excluding hydrogens is 174 g/mol. The van der Waals surface area contributed by atoms with E-state index in [0.717, 1.165) is 12.8 Å². The van der Waals surface area contributed by atoms with E-state index >= 15 is 0 Å². The standard InChI is InChI=1S/C12H21NO/c1-10(2)13-11(14)6-9-12(13)7-4-3-5-8-12/h10H,3-9H2,1-2H3. The molecule has 1 aliphatic heterocycles. The molecule has 2 rings (SSSR count). The first-order valence-electron chi connectivity index (χ1n) is 5.98. The van der Waals surface area contributed by atoms with E-state index in [1.807, 2.05) is 0 Å². The van der Waals surface area contributed by atoms with Gasteiger partial charge in [0.05, 0.1) is 0 Å². The van der Waals surface area contributed by atoms with Gasteiger partial charge in [-0.1, -0.05) is 19.3 Å². The van der Waals surface area contributed by atoms with Crippen LogP contribution in [0.4, 0.5) is 0 Å². The summed E-state index contributed by atoms with van der Waals surface area (Å²) >= 11 is 0. The Morgan fingerprint density at radius 2 is 1.79 bits per heavy atom. The number of hydrogen-bond donors (Lipinski definition) is 0. The largest absolute Gasteiger partial charge is 0.335 e. The monoisotopic (exact) mass is 195 g/mol. The third-order valence-corrected chi connectivity index (χ3v) is 3.88. The quantitative estimate of drug-likeness (QED) is 0.630. The third kappa shape index (κ3) is 1.45. The molecule has 1 amide bonds. The average Bonchev–Trinajstić information content (AvgIpc) is 2.45. The van der Waals surface area contributed by atoms with E-state index in [2.05, 4.69) is 18.7 Å². The Morgan fingerprint density at radius 3 is 2.36 bits per heavy atom. The van der Waals surface area contributed by atoms with Crippen molar-refractivity contribution < 1.29 is 4.79 Å². The summed E-state index contributed by atoms with van der Waals surface area (Å²) in [4.78, 5) is 14.0. The van der Waals surface area contributed by atoms with Crippen molar-refractivity contribution in [3.05, 3.63) is 0 Å². The minimum atomic E-state index is 0.267. The van der Waals surface area contributed by atoms with Crippen molar-refractivity contribution in [2.45, 2.75) is 70.4 Å². The first-order valence-corrected chi connectivity index (χ1v) is 5.98. The van der Waals surface area contributed by atoms with Gasteiger partial charge in [0.15, 0.2) is 0 Å². The van der Waals surface area contributed by atoms with E-state index < -0.39 is 0 Å².